The summed E-state index contributed by atoms with van der Waals surface area (Å²) in [5.41, 5.74) is -0.0301. The molecule has 0 bridgehead atoms. The molecule has 0 spiro atoms. The average Bonchev–Trinajstić information content (AvgIpc) is 1.90. The maximum absolute atomic E-state index is 10.0. The Kier molecular flexibility index (Phi) is 5.70. The third-order valence-corrected chi connectivity index (χ3v) is 0.874. The van der Waals surface area contributed by atoms with Crippen molar-refractivity contribution in [3.8, 4) is 0 Å². The number of rotatable bonds is 1. The van der Waals surface area contributed by atoms with Crippen molar-refractivity contribution in [1.29, 1.82) is 0 Å². The van der Waals surface area contributed by atoms with Crippen molar-refractivity contribution in [2.24, 2.45) is 0 Å². The van der Waals surface area contributed by atoms with Gasteiger partial charge in [-0.15, -0.1) is 0 Å². The molecule has 1 aromatic rings. The van der Waals surface area contributed by atoms with Gasteiger partial charge in [-0.25, -0.2) is 0 Å². The Hall–Kier alpha value is 0.672. The molecule has 1 heterocycles. The van der Waals surface area contributed by atoms with E-state index < -0.39 is 5.97 Å². The molecule has 0 fully saturated rings. The SMILES string of the molecule is O=C([O-])c1ccccn1.[Cs+]. The number of carboxylic acid groups (broad SMARTS) is 1. The molecule has 0 aliphatic rings. The number of hydrogen-bond acceptors (Lipinski definition) is 3. The first-order chi connectivity index (χ1) is 4.30. The zero-order valence-corrected chi connectivity index (χ0v) is 11.9. The second kappa shape index (κ2) is 5.34. The summed E-state index contributed by atoms with van der Waals surface area (Å²) in [4.78, 5) is 13.5. The van der Waals surface area contributed by atoms with E-state index in [1.165, 1.54) is 12.3 Å². The minimum Gasteiger partial charge on any atom is -0.543 e. The van der Waals surface area contributed by atoms with Crippen LogP contribution in [-0.2, 0) is 0 Å². The van der Waals surface area contributed by atoms with Crippen molar-refractivity contribution >= 4 is 5.97 Å². The average molecular weight is 255 g/mol. The molecule has 10 heavy (non-hydrogen) atoms. The van der Waals surface area contributed by atoms with Crippen molar-refractivity contribution in [3.63, 3.8) is 0 Å². The largest absolute Gasteiger partial charge is 1.00 e. The van der Waals surface area contributed by atoms with Gasteiger partial charge in [-0.2, -0.15) is 0 Å². The number of nitrogens with zero attached hydrogens (tertiary/aromatic N) is 1. The van der Waals surface area contributed by atoms with Crippen LogP contribution in [-0.4, -0.2) is 11.0 Å². The van der Waals surface area contributed by atoms with Gasteiger partial charge in [-0.3, -0.25) is 4.98 Å². The van der Waals surface area contributed by atoms with Crippen LogP contribution in [0.5, 0.6) is 0 Å². The summed E-state index contributed by atoms with van der Waals surface area (Å²) < 4.78 is 0. The number of carbonyl (C=O) groups is 1. The third-order valence-electron chi connectivity index (χ3n) is 0.874. The number of aromatic carboxylic acids is 1. The van der Waals surface area contributed by atoms with E-state index in [9.17, 15) is 9.90 Å². The van der Waals surface area contributed by atoms with Gasteiger partial charge in [-0.05, 0) is 12.1 Å². The molecule has 46 valence electrons. The number of carbonyl (C=O) groups excluding carboxylic acids is 1. The number of aromatic nitrogens is 1. The van der Waals surface area contributed by atoms with E-state index in [2.05, 4.69) is 4.98 Å². The van der Waals surface area contributed by atoms with Crippen molar-refractivity contribution < 1.29 is 78.8 Å². The molecule has 0 aliphatic heterocycles. The fraction of sp³-hybridized carbons (Fsp3) is 0. The first-order valence-corrected chi connectivity index (χ1v) is 2.43. The predicted octanol–water partition coefficient (Wildman–Crippen LogP) is -3.55. The molecular weight excluding hydrogens is 251 g/mol. The maximum atomic E-state index is 10.0. The van der Waals surface area contributed by atoms with Gasteiger partial charge in [0.25, 0.3) is 0 Å². The van der Waals surface area contributed by atoms with E-state index in [0.29, 0.717) is 0 Å². The molecule has 3 nitrogen and oxygen atoms in total. The number of carboxylic acids is 1. The maximum Gasteiger partial charge on any atom is 1.00 e. The van der Waals surface area contributed by atoms with Gasteiger partial charge in [0.2, 0.25) is 0 Å². The Morgan fingerprint density at radius 2 is 2.20 bits per heavy atom. The second-order valence-corrected chi connectivity index (χ2v) is 1.50. The molecule has 0 amide bonds. The molecule has 0 N–H and O–H groups in total. The Morgan fingerprint density at radius 1 is 1.50 bits per heavy atom. The first-order valence-electron chi connectivity index (χ1n) is 2.43. The van der Waals surface area contributed by atoms with Crippen LogP contribution in [0.1, 0.15) is 10.5 Å². The molecule has 0 unspecified atom stereocenters. The van der Waals surface area contributed by atoms with Crippen molar-refractivity contribution in [3.05, 3.63) is 30.1 Å². The van der Waals surface area contributed by atoms with Crippen LogP contribution >= 0.6 is 0 Å². The zero-order valence-electron chi connectivity index (χ0n) is 5.57. The molecule has 0 radical (unpaired) electrons. The van der Waals surface area contributed by atoms with Gasteiger partial charge in [0.15, 0.2) is 0 Å². The first kappa shape index (κ1) is 10.7. The van der Waals surface area contributed by atoms with E-state index in [-0.39, 0.29) is 74.6 Å². The molecule has 1 aromatic heterocycles. The van der Waals surface area contributed by atoms with Crippen LogP contribution < -0.4 is 74.0 Å². The quantitative estimate of drug-likeness (QED) is 0.522. The Morgan fingerprint density at radius 3 is 2.50 bits per heavy atom. The van der Waals surface area contributed by atoms with Crippen molar-refractivity contribution in [1.82, 2.24) is 4.98 Å². The van der Waals surface area contributed by atoms with Crippen LogP contribution in [0.25, 0.3) is 0 Å². The van der Waals surface area contributed by atoms with Crippen LogP contribution in [0.15, 0.2) is 24.4 Å². The summed E-state index contributed by atoms with van der Waals surface area (Å²) in [6.45, 7) is 0. The van der Waals surface area contributed by atoms with Gasteiger partial charge < -0.3 is 9.90 Å². The normalized spacial score (nSPS) is 8.00. The topological polar surface area (TPSA) is 53.0 Å². The summed E-state index contributed by atoms with van der Waals surface area (Å²) in [7, 11) is 0. The van der Waals surface area contributed by atoms with Gasteiger partial charge in [0.1, 0.15) is 0 Å². The van der Waals surface area contributed by atoms with Crippen LogP contribution in [0.4, 0.5) is 0 Å². The summed E-state index contributed by atoms with van der Waals surface area (Å²) in [6.07, 6.45) is 1.41. The Balaban J connectivity index is 0.000000810. The van der Waals surface area contributed by atoms with Crippen molar-refractivity contribution in [2.45, 2.75) is 0 Å². The molecule has 0 saturated carbocycles. The summed E-state index contributed by atoms with van der Waals surface area (Å²) >= 11 is 0. The summed E-state index contributed by atoms with van der Waals surface area (Å²) in [5.74, 6) is -1.24. The smallest absolute Gasteiger partial charge is 0.543 e. The van der Waals surface area contributed by atoms with E-state index in [1.54, 1.807) is 12.1 Å². The second-order valence-electron chi connectivity index (χ2n) is 1.50. The number of hydrogen-bond donors (Lipinski definition) is 0. The van der Waals surface area contributed by atoms with E-state index in [1.807, 2.05) is 0 Å². The van der Waals surface area contributed by atoms with Crippen LogP contribution in [0, 0.1) is 0 Å². The fourth-order valence-electron chi connectivity index (χ4n) is 0.484. The third kappa shape index (κ3) is 3.18. The van der Waals surface area contributed by atoms with E-state index >= 15 is 0 Å². The van der Waals surface area contributed by atoms with Gasteiger partial charge >= 0.3 is 68.9 Å². The Labute approximate surface area is 117 Å². The fourth-order valence-corrected chi connectivity index (χ4v) is 0.484. The number of pyridine rings is 1. The Bertz CT molecular complexity index is 212. The monoisotopic (exact) mass is 255 g/mol. The van der Waals surface area contributed by atoms with Gasteiger partial charge in [-0.1, -0.05) is 6.07 Å². The minimum absolute atomic E-state index is 0. The van der Waals surface area contributed by atoms with Gasteiger partial charge in [0, 0.05) is 6.20 Å². The standard InChI is InChI=1S/C6H5NO2.Cs/c8-6(9)5-3-1-2-4-7-5;/h1-4H,(H,8,9);/q;+1/p-1. The minimum atomic E-state index is -1.24. The summed E-state index contributed by atoms with van der Waals surface area (Å²) in [5, 5.41) is 10.0. The molecule has 0 aromatic carbocycles. The molecule has 1 rings (SSSR count). The molecular formula is C6H4CsNO2. The van der Waals surface area contributed by atoms with Crippen molar-refractivity contribution in [2.75, 3.05) is 0 Å². The van der Waals surface area contributed by atoms with E-state index in [4.69, 9.17) is 0 Å². The molecule has 0 atom stereocenters. The zero-order chi connectivity index (χ0) is 6.69. The van der Waals surface area contributed by atoms with Gasteiger partial charge in [0.05, 0.1) is 11.7 Å². The summed E-state index contributed by atoms with van der Waals surface area (Å²) in [6, 6.07) is 4.62. The molecule has 0 aliphatic carbocycles. The molecule has 4 heteroatoms. The van der Waals surface area contributed by atoms with E-state index in [0.717, 1.165) is 0 Å². The predicted molar refractivity (Wildman–Crippen MR) is 28.6 cm³/mol. The van der Waals surface area contributed by atoms with Crippen LogP contribution in [0.2, 0.25) is 0 Å². The molecule has 0 saturated heterocycles. The van der Waals surface area contributed by atoms with Crippen LogP contribution in [0.3, 0.4) is 0 Å².